The Kier molecular flexibility index (Phi) is 2.01. The summed E-state index contributed by atoms with van der Waals surface area (Å²) in [4.78, 5) is 16.4. The van der Waals surface area contributed by atoms with Gasteiger partial charge in [-0.1, -0.05) is 0 Å². The van der Waals surface area contributed by atoms with E-state index in [4.69, 9.17) is 0 Å². The largest absolute Gasteiger partial charge is 0.312 e. The fraction of sp³-hybridized carbons (Fsp3) is 0.250. The van der Waals surface area contributed by atoms with Gasteiger partial charge in [-0.15, -0.1) is 0 Å². The van der Waals surface area contributed by atoms with Crippen molar-refractivity contribution in [3.05, 3.63) is 41.1 Å². The van der Waals surface area contributed by atoms with Gasteiger partial charge in [-0.25, -0.2) is 9.50 Å². The molecule has 17 heavy (non-hydrogen) atoms. The van der Waals surface area contributed by atoms with Crippen LogP contribution in [0.5, 0.6) is 0 Å². The van der Waals surface area contributed by atoms with E-state index in [-0.39, 0.29) is 11.6 Å². The number of fused-ring (bicyclic) bond motifs is 3. The third kappa shape index (κ3) is 1.35. The van der Waals surface area contributed by atoms with Crippen LogP contribution in [0.1, 0.15) is 19.9 Å². The van der Waals surface area contributed by atoms with Gasteiger partial charge in [-0.3, -0.25) is 4.79 Å². The quantitative estimate of drug-likeness (QED) is 0.636. The van der Waals surface area contributed by atoms with E-state index in [1.165, 1.54) is 0 Å². The van der Waals surface area contributed by atoms with E-state index in [2.05, 4.69) is 10.1 Å². The van der Waals surface area contributed by atoms with E-state index < -0.39 is 0 Å². The third-order valence-corrected chi connectivity index (χ3v) is 2.87. The predicted octanol–water partition coefficient (Wildman–Crippen LogP) is 1.63. The first-order chi connectivity index (χ1) is 8.18. The van der Waals surface area contributed by atoms with Gasteiger partial charge >= 0.3 is 0 Å². The Labute approximate surface area is 97.3 Å². The maximum absolute atomic E-state index is 12.2. The van der Waals surface area contributed by atoms with Crippen LogP contribution in [0.4, 0.5) is 0 Å². The molecular weight excluding hydrogens is 216 g/mol. The minimum absolute atomic E-state index is 0.0256. The molecule has 0 saturated heterocycles. The van der Waals surface area contributed by atoms with Crippen LogP contribution in [0.25, 0.3) is 16.6 Å². The maximum atomic E-state index is 12.2. The zero-order chi connectivity index (χ0) is 12.0. The van der Waals surface area contributed by atoms with Crippen LogP contribution in [-0.4, -0.2) is 19.2 Å². The van der Waals surface area contributed by atoms with Gasteiger partial charge in [0.15, 0.2) is 5.65 Å². The fourth-order valence-corrected chi connectivity index (χ4v) is 1.98. The lowest BCUT2D eigenvalue weighted by atomic mass is 10.3. The Morgan fingerprint density at radius 2 is 2.12 bits per heavy atom. The van der Waals surface area contributed by atoms with E-state index in [0.29, 0.717) is 5.39 Å². The highest BCUT2D eigenvalue weighted by atomic mass is 16.1. The monoisotopic (exact) mass is 228 g/mol. The van der Waals surface area contributed by atoms with Crippen LogP contribution in [-0.2, 0) is 0 Å². The highest BCUT2D eigenvalue weighted by Gasteiger charge is 2.08. The molecule has 5 nitrogen and oxygen atoms in total. The molecule has 0 aliphatic rings. The first-order valence-corrected chi connectivity index (χ1v) is 5.52. The van der Waals surface area contributed by atoms with E-state index in [1.807, 2.05) is 26.0 Å². The summed E-state index contributed by atoms with van der Waals surface area (Å²) in [6.45, 7) is 3.96. The van der Waals surface area contributed by atoms with Crippen molar-refractivity contribution in [2.45, 2.75) is 19.9 Å². The Bertz CT molecular complexity index is 754. The Hall–Kier alpha value is -2.17. The second kappa shape index (κ2) is 3.41. The van der Waals surface area contributed by atoms with Crippen LogP contribution in [0.2, 0.25) is 0 Å². The fourth-order valence-electron chi connectivity index (χ4n) is 1.98. The van der Waals surface area contributed by atoms with Crippen molar-refractivity contribution in [1.82, 2.24) is 19.2 Å². The lowest BCUT2D eigenvalue weighted by Crippen LogP contribution is -2.22. The molecule has 3 heterocycles. The summed E-state index contributed by atoms with van der Waals surface area (Å²) in [5.74, 6) is 0. The molecular formula is C12H12N4O. The molecule has 0 aromatic carbocycles. The average Bonchev–Trinajstić information content (AvgIpc) is 2.77. The van der Waals surface area contributed by atoms with Gasteiger partial charge in [0.1, 0.15) is 0 Å². The number of nitrogens with zero attached hydrogens (tertiary/aromatic N) is 4. The first kappa shape index (κ1) is 10.0. The molecule has 0 atom stereocenters. The highest BCUT2D eigenvalue weighted by Crippen LogP contribution is 2.11. The van der Waals surface area contributed by atoms with Crippen LogP contribution >= 0.6 is 0 Å². The van der Waals surface area contributed by atoms with Crippen molar-refractivity contribution in [3.63, 3.8) is 0 Å². The summed E-state index contributed by atoms with van der Waals surface area (Å²) in [5, 5.41) is 4.76. The Morgan fingerprint density at radius 1 is 1.29 bits per heavy atom. The molecule has 0 aliphatic heterocycles. The van der Waals surface area contributed by atoms with E-state index in [0.717, 1.165) is 11.2 Å². The standard InChI is InChI=1S/C12H12N4O/c1-8(2)15-6-4-10-9(12(15)17)7-13-11-3-5-14-16(10)11/h3-8H,1-2H3. The molecule has 0 bridgehead atoms. The molecule has 0 spiro atoms. The van der Waals surface area contributed by atoms with Gasteiger partial charge in [0.2, 0.25) is 0 Å². The summed E-state index contributed by atoms with van der Waals surface area (Å²) in [6.07, 6.45) is 5.10. The molecule has 86 valence electrons. The zero-order valence-corrected chi connectivity index (χ0v) is 9.66. The molecule has 3 rings (SSSR count). The highest BCUT2D eigenvalue weighted by molar-refractivity contribution is 5.78. The number of pyridine rings is 1. The Balaban J connectivity index is 2.49. The van der Waals surface area contributed by atoms with Gasteiger partial charge in [-0.05, 0) is 19.9 Å². The van der Waals surface area contributed by atoms with Gasteiger partial charge in [0, 0.05) is 24.5 Å². The zero-order valence-electron chi connectivity index (χ0n) is 9.66. The van der Waals surface area contributed by atoms with Crippen molar-refractivity contribution in [2.24, 2.45) is 0 Å². The minimum Gasteiger partial charge on any atom is -0.312 e. The van der Waals surface area contributed by atoms with E-state index in [9.17, 15) is 4.79 Å². The van der Waals surface area contributed by atoms with Crippen molar-refractivity contribution in [2.75, 3.05) is 0 Å². The second-order valence-corrected chi connectivity index (χ2v) is 4.28. The van der Waals surface area contributed by atoms with Gasteiger partial charge in [-0.2, -0.15) is 5.10 Å². The number of rotatable bonds is 1. The lowest BCUT2D eigenvalue weighted by molar-refractivity contribution is 0.582. The van der Waals surface area contributed by atoms with Crippen molar-refractivity contribution >= 4 is 16.6 Å². The first-order valence-electron chi connectivity index (χ1n) is 5.52. The SMILES string of the molecule is CC(C)n1ccc2c(cnc3ccnn32)c1=O. The normalized spacial score (nSPS) is 11.7. The van der Waals surface area contributed by atoms with Crippen LogP contribution in [0, 0.1) is 0 Å². The smallest absolute Gasteiger partial charge is 0.261 e. The summed E-state index contributed by atoms with van der Waals surface area (Å²) in [6, 6.07) is 3.85. The Morgan fingerprint density at radius 3 is 2.88 bits per heavy atom. The minimum atomic E-state index is -0.0256. The van der Waals surface area contributed by atoms with Crippen molar-refractivity contribution < 1.29 is 0 Å². The van der Waals surface area contributed by atoms with Crippen LogP contribution in [0.3, 0.4) is 0 Å². The summed E-state index contributed by atoms with van der Waals surface area (Å²) in [7, 11) is 0. The third-order valence-electron chi connectivity index (χ3n) is 2.87. The average molecular weight is 228 g/mol. The predicted molar refractivity (Wildman–Crippen MR) is 65.1 cm³/mol. The van der Waals surface area contributed by atoms with Crippen LogP contribution in [0.15, 0.2) is 35.5 Å². The molecule has 3 aromatic heterocycles. The molecule has 0 N–H and O–H groups in total. The summed E-state index contributed by atoms with van der Waals surface area (Å²) >= 11 is 0. The lowest BCUT2D eigenvalue weighted by Gasteiger charge is -2.10. The van der Waals surface area contributed by atoms with E-state index >= 15 is 0 Å². The van der Waals surface area contributed by atoms with Crippen LogP contribution < -0.4 is 5.56 Å². The van der Waals surface area contributed by atoms with E-state index in [1.54, 1.807) is 27.7 Å². The number of hydrogen-bond donors (Lipinski definition) is 0. The molecule has 0 fully saturated rings. The number of hydrogen-bond acceptors (Lipinski definition) is 3. The molecule has 0 saturated carbocycles. The summed E-state index contributed by atoms with van der Waals surface area (Å²) < 4.78 is 3.38. The number of aromatic nitrogens is 4. The van der Waals surface area contributed by atoms with Crippen molar-refractivity contribution in [1.29, 1.82) is 0 Å². The molecule has 0 amide bonds. The molecule has 3 aromatic rings. The maximum Gasteiger partial charge on any atom is 0.261 e. The molecule has 0 unspecified atom stereocenters. The van der Waals surface area contributed by atoms with Gasteiger partial charge < -0.3 is 4.57 Å². The van der Waals surface area contributed by atoms with Crippen molar-refractivity contribution in [3.8, 4) is 0 Å². The molecule has 0 aliphatic carbocycles. The summed E-state index contributed by atoms with van der Waals surface area (Å²) in [5.41, 5.74) is 1.52. The topological polar surface area (TPSA) is 52.2 Å². The second-order valence-electron chi connectivity index (χ2n) is 4.28. The molecule has 5 heteroatoms. The van der Waals surface area contributed by atoms with Gasteiger partial charge in [0.25, 0.3) is 5.56 Å². The molecule has 0 radical (unpaired) electrons. The van der Waals surface area contributed by atoms with Gasteiger partial charge in [0.05, 0.1) is 17.1 Å².